The fraction of sp³-hybridized carbons (Fsp3) is 0.385. The number of nitriles is 1. The van der Waals surface area contributed by atoms with Crippen molar-refractivity contribution in [3.05, 3.63) is 29.8 Å². The second-order valence-electron chi connectivity index (χ2n) is 3.86. The van der Waals surface area contributed by atoms with Crippen molar-refractivity contribution < 1.29 is 14.3 Å². The number of carbonyl (C=O) groups excluding carboxylic acids is 1. The molecule has 0 aromatic heterocycles. The topological polar surface area (TPSA) is 97.4 Å². The lowest BCUT2D eigenvalue weighted by Gasteiger charge is -2.14. The molecule has 0 saturated heterocycles. The Morgan fingerprint density at radius 1 is 1.47 bits per heavy atom. The first-order chi connectivity index (χ1) is 9.13. The molecule has 0 aliphatic rings. The highest BCUT2D eigenvalue weighted by Crippen LogP contribution is 2.17. The second-order valence-corrected chi connectivity index (χ2v) is 3.86. The number of nitrogens with two attached hydrogens (primary N) is 1. The highest BCUT2D eigenvalue weighted by molar-refractivity contribution is 5.64. The molecule has 1 rings (SSSR count). The lowest BCUT2D eigenvalue weighted by atomic mass is 10.1. The number of hydrogen-bond acceptors (Lipinski definition) is 5. The van der Waals surface area contributed by atoms with Crippen molar-refractivity contribution in [2.24, 2.45) is 5.73 Å². The molecule has 1 unspecified atom stereocenters. The molecule has 0 fully saturated rings. The van der Waals surface area contributed by atoms with Gasteiger partial charge in [-0.1, -0.05) is 12.1 Å². The van der Waals surface area contributed by atoms with Gasteiger partial charge in [0.05, 0.1) is 0 Å². The average molecular weight is 263 g/mol. The molecule has 6 nitrogen and oxygen atoms in total. The predicted octanol–water partition coefficient (Wildman–Crippen LogP) is 1.33. The Labute approximate surface area is 112 Å². The van der Waals surface area contributed by atoms with Crippen molar-refractivity contribution in [3.63, 3.8) is 0 Å². The van der Waals surface area contributed by atoms with Crippen LogP contribution in [0, 0.1) is 11.3 Å². The van der Waals surface area contributed by atoms with E-state index in [4.69, 9.17) is 15.7 Å². The second kappa shape index (κ2) is 7.95. The van der Waals surface area contributed by atoms with E-state index >= 15 is 0 Å². The van der Waals surface area contributed by atoms with Crippen LogP contribution in [0.5, 0.6) is 5.75 Å². The van der Waals surface area contributed by atoms with Crippen LogP contribution in [0.2, 0.25) is 0 Å². The van der Waals surface area contributed by atoms with E-state index in [2.05, 4.69) is 10.1 Å². The minimum atomic E-state index is -0.770. The van der Waals surface area contributed by atoms with Crippen molar-refractivity contribution in [1.82, 2.24) is 5.32 Å². The van der Waals surface area contributed by atoms with Crippen LogP contribution in [0.4, 0.5) is 4.79 Å². The first-order valence-corrected chi connectivity index (χ1v) is 5.89. The van der Waals surface area contributed by atoms with Gasteiger partial charge in [-0.15, -0.1) is 0 Å². The molecule has 0 aliphatic heterocycles. The van der Waals surface area contributed by atoms with Gasteiger partial charge in [0.2, 0.25) is 0 Å². The van der Waals surface area contributed by atoms with Gasteiger partial charge in [0.15, 0.2) is 6.61 Å². The van der Waals surface area contributed by atoms with E-state index in [-0.39, 0.29) is 19.3 Å². The zero-order valence-corrected chi connectivity index (χ0v) is 10.8. The number of carbonyl (C=O) groups is 1. The summed E-state index contributed by atoms with van der Waals surface area (Å²) >= 11 is 0. The van der Waals surface area contributed by atoms with Gasteiger partial charge >= 0.3 is 6.09 Å². The van der Waals surface area contributed by atoms with Gasteiger partial charge in [0, 0.05) is 12.6 Å². The zero-order valence-electron chi connectivity index (χ0n) is 10.8. The fourth-order valence-electron chi connectivity index (χ4n) is 1.51. The first kappa shape index (κ1) is 14.8. The third-order valence-electron chi connectivity index (χ3n) is 2.48. The standard InChI is InChI=1S/C13H17N3O3/c1-10(16-7-9-19-13(15)17)11-2-4-12(5-3-11)18-8-6-14/h2-5,10,16H,7-9H2,1H3,(H2,15,17). The maximum atomic E-state index is 10.4. The molecule has 0 bridgehead atoms. The summed E-state index contributed by atoms with van der Waals surface area (Å²) in [6, 6.07) is 9.48. The van der Waals surface area contributed by atoms with Crippen LogP contribution in [0.15, 0.2) is 24.3 Å². The normalized spacial score (nSPS) is 11.4. The van der Waals surface area contributed by atoms with Crippen LogP contribution < -0.4 is 15.8 Å². The number of benzene rings is 1. The van der Waals surface area contributed by atoms with Crippen LogP contribution in [0.25, 0.3) is 0 Å². The predicted molar refractivity (Wildman–Crippen MR) is 69.5 cm³/mol. The summed E-state index contributed by atoms with van der Waals surface area (Å²) < 4.78 is 9.78. The zero-order chi connectivity index (χ0) is 14.1. The van der Waals surface area contributed by atoms with Crippen molar-refractivity contribution >= 4 is 6.09 Å². The van der Waals surface area contributed by atoms with Crippen LogP contribution in [-0.2, 0) is 4.74 Å². The minimum absolute atomic E-state index is 0.0393. The minimum Gasteiger partial charge on any atom is -0.479 e. The van der Waals surface area contributed by atoms with Crippen LogP contribution in [0.1, 0.15) is 18.5 Å². The average Bonchev–Trinajstić information content (AvgIpc) is 2.41. The monoisotopic (exact) mass is 263 g/mol. The number of nitrogens with one attached hydrogen (secondary N) is 1. The van der Waals surface area contributed by atoms with Gasteiger partial charge in [-0.3, -0.25) is 0 Å². The van der Waals surface area contributed by atoms with Gasteiger partial charge in [-0.25, -0.2) is 4.79 Å². The van der Waals surface area contributed by atoms with Gasteiger partial charge in [-0.2, -0.15) is 5.26 Å². The summed E-state index contributed by atoms with van der Waals surface area (Å²) in [4.78, 5) is 10.4. The molecule has 0 radical (unpaired) electrons. The van der Waals surface area contributed by atoms with Crippen molar-refractivity contribution in [3.8, 4) is 11.8 Å². The van der Waals surface area contributed by atoms with E-state index in [0.29, 0.717) is 12.3 Å². The largest absolute Gasteiger partial charge is 0.479 e. The SMILES string of the molecule is CC(NCCOC(N)=O)c1ccc(OCC#N)cc1. The van der Waals surface area contributed by atoms with Gasteiger partial charge < -0.3 is 20.5 Å². The van der Waals surface area contributed by atoms with E-state index in [9.17, 15) is 4.79 Å². The van der Waals surface area contributed by atoms with Crippen molar-refractivity contribution in [2.75, 3.05) is 19.8 Å². The maximum absolute atomic E-state index is 10.4. The van der Waals surface area contributed by atoms with Crippen molar-refractivity contribution in [2.45, 2.75) is 13.0 Å². The summed E-state index contributed by atoms with van der Waals surface area (Å²) in [6.07, 6.45) is -0.770. The highest BCUT2D eigenvalue weighted by atomic mass is 16.5. The molecule has 0 aliphatic carbocycles. The number of ether oxygens (including phenoxy) is 2. The van der Waals surface area contributed by atoms with Gasteiger partial charge in [0.1, 0.15) is 18.4 Å². The molecule has 6 heteroatoms. The summed E-state index contributed by atoms with van der Waals surface area (Å²) in [5.74, 6) is 0.662. The molecule has 1 aromatic carbocycles. The molecule has 0 heterocycles. The Bertz CT molecular complexity index is 439. The fourth-order valence-corrected chi connectivity index (χ4v) is 1.51. The quantitative estimate of drug-likeness (QED) is 0.723. The van der Waals surface area contributed by atoms with E-state index in [0.717, 1.165) is 5.56 Å². The molecule has 102 valence electrons. The van der Waals surface area contributed by atoms with Gasteiger partial charge in [0.25, 0.3) is 0 Å². The Hall–Kier alpha value is -2.26. The van der Waals surface area contributed by atoms with Crippen LogP contribution in [-0.4, -0.2) is 25.9 Å². The summed E-state index contributed by atoms with van der Waals surface area (Å²) in [7, 11) is 0. The maximum Gasteiger partial charge on any atom is 0.404 e. The molecule has 0 spiro atoms. The van der Waals surface area contributed by atoms with E-state index < -0.39 is 6.09 Å². The molecule has 19 heavy (non-hydrogen) atoms. The molecule has 1 amide bonds. The summed E-state index contributed by atoms with van der Waals surface area (Å²) in [5.41, 5.74) is 5.92. The van der Waals surface area contributed by atoms with Crippen LogP contribution >= 0.6 is 0 Å². The number of primary amides is 1. The molecule has 0 saturated carbocycles. The lowest BCUT2D eigenvalue weighted by molar-refractivity contribution is 0.156. The third kappa shape index (κ3) is 5.75. The molecule has 1 atom stereocenters. The third-order valence-corrected chi connectivity index (χ3v) is 2.48. The van der Waals surface area contributed by atoms with Crippen molar-refractivity contribution in [1.29, 1.82) is 5.26 Å². The number of hydrogen-bond donors (Lipinski definition) is 2. The first-order valence-electron chi connectivity index (χ1n) is 5.89. The van der Waals surface area contributed by atoms with Gasteiger partial charge in [-0.05, 0) is 24.6 Å². The molecular formula is C13H17N3O3. The Kier molecular flexibility index (Phi) is 6.19. The molecule has 3 N–H and O–H groups in total. The number of amides is 1. The number of rotatable bonds is 7. The van der Waals surface area contributed by atoms with Crippen LogP contribution in [0.3, 0.4) is 0 Å². The Morgan fingerprint density at radius 3 is 2.74 bits per heavy atom. The Balaban J connectivity index is 2.38. The Morgan fingerprint density at radius 2 is 2.16 bits per heavy atom. The lowest BCUT2D eigenvalue weighted by Crippen LogP contribution is -2.25. The van der Waals surface area contributed by atoms with E-state index in [1.54, 1.807) is 0 Å². The summed E-state index contributed by atoms with van der Waals surface area (Å²) in [5, 5.41) is 11.6. The van der Waals surface area contributed by atoms with E-state index in [1.165, 1.54) is 0 Å². The highest BCUT2D eigenvalue weighted by Gasteiger charge is 2.05. The molecule has 1 aromatic rings. The van der Waals surface area contributed by atoms with E-state index in [1.807, 2.05) is 37.3 Å². The molecular weight excluding hydrogens is 246 g/mol. The smallest absolute Gasteiger partial charge is 0.404 e. The summed E-state index contributed by atoms with van der Waals surface area (Å²) in [6.45, 7) is 2.80. The number of nitrogens with zero attached hydrogens (tertiary/aromatic N) is 1.